The zero-order valence-electron chi connectivity index (χ0n) is 5.73. The van der Waals surface area contributed by atoms with Crippen LogP contribution < -0.4 is 0 Å². The lowest BCUT2D eigenvalue weighted by molar-refractivity contribution is 0.664. The second kappa shape index (κ2) is 4.10. The maximum absolute atomic E-state index is 9.82. The first-order chi connectivity index (χ1) is 5.36. The fourth-order valence-corrected chi connectivity index (χ4v) is 0.988. The van der Waals surface area contributed by atoms with Crippen molar-refractivity contribution in [3.05, 3.63) is 34.7 Å². The number of nitrogens with zero attached hydrogens (tertiary/aromatic N) is 1. The van der Waals surface area contributed by atoms with Gasteiger partial charge in [-0.25, -0.2) is 0 Å². The second-order valence-electron chi connectivity index (χ2n) is 2.02. The van der Waals surface area contributed by atoms with E-state index in [1.807, 2.05) is 0 Å². The summed E-state index contributed by atoms with van der Waals surface area (Å²) in [4.78, 5) is 10.6. The maximum atomic E-state index is 9.82. The van der Waals surface area contributed by atoms with Gasteiger partial charge in [-0.05, 0) is 17.7 Å². The fourth-order valence-electron chi connectivity index (χ4n) is 0.730. The van der Waals surface area contributed by atoms with E-state index in [1.165, 1.54) is 0 Å². The van der Waals surface area contributed by atoms with Gasteiger partial charge >= 0.3 is 0 Å². The first kappa shape index (κ1) is 8.23. The van der Waals surface area contributed by atoms with Gasteiger partial charge in [0, 0.05) is 16.9 Å². The number of nitroso groups, excluding NO2 is 1. The van der Waals surface area contributed by atoms with E-state index in [9.17, 15) is 4.91 Å². The van der Waals surface area contributed by atoms with Gasteiger partial charge in [0.15, 0.2) is 0 Å². The van der Waals surface area contributed by atoms with E-state index in [0.29, 0.717) is 12.0 Å². The van der Waals surface area contributed by atoms with Gasteiger partial charge in [0.1, 0.15) is 6.54 Å². The Morgan fingerprint density at radius 2 is 2.00 bits per heavy atom. The summed E-state index contributed by atoms with van der Waals surface area (Å²) in [6.07, 6.45) is 0. The Hall–Kier alpha value is -0.870. The third-order valence-corrected chi connectivity index (χ3v) is 1.76. The molecule has 0 aliphatic carbocycles. The van der Waals surface area contributed by atoms with Crippen LogP contribution in [-0.2, 0) is 6.54 Å². The van der Waals surface area contributed by atoms with Gasteiger partial charge < -0.3 is 4.55 Å². The molecule has 0 amide bonds. The van der Waals surface area contributed by atoms with Crippen molar-refractivity contribution in [2.75, 3.05) is 0 Å². The normalized spacial score (nSPS) is 9.55. The van der Waals surface area contributed by atoms with Crippen LogP contribution in [0.25, 0.3) is 0 Å². The highest BCUT2D eigenvalue weighted by Crippen LogP contribution is 2.14. The molecule has 0 aromatic heterocycles. The van der Waals surface area contributed by atoms with E-state index in [4.69, 9.17) is 4.55 Å². The highest BCUT2D eigenvalue weighted by atomic mass is 32.2. The molecular formula is C7H7NO2S. The SMILES string of the molecule is O=NCc1ccc(SO)cc1. The van der Waals surface area contributed by atoms with Crippen LogP contribution in [0.15, 0.2) is 34.3 Å². The van der Waals surface area contributed by atoms with Crippen LogP contribution in [0.3, 0.4) is 0 Å². The molecule has 3 nitrogen and oxygen atoms in total. The topological polar surface area (TPSA) is 49.7 Å². The van der Waals surface area contributed by atoms with Gasteiger partial charge in [-0.2, -0.15) is 4.91 Å². The molecule has 0 radical (unpaired) electrons. The van der Waals surface area contributed by atoms with Gasteiger partial charge in [-0.3, -0.25) is 0 Å². The zero-order valence-corrected chi connectivity index (χ0v) is 6.54. The number of benzene rings is 1. The summed E-state index contributed by atoms with van der Waals surface area (Å²) in [5.41, 5.74) is 0.859. The minimum Gasteiger partial charge on any atom is -0.325 e. The molecule has 1 rings (SSSR count). The Morgan fingerprint density at radius 3 is 2.45 bits per heavy atom. The summed E-state index contributed by atoms with van der Waals surface area (Å²) < 4.78 is 8.59. The minimum absolute atomic E-state index is 0.191. The van der Waals surface area contributed by atoms with E-state index >= 15 is 0 Å². The molecule has 0 bridgehead atoms. The lowest BCUT2D eigenvalue weighted by Crippen LogP contribution is -1.78. The van der Waals surface area contributed by atoms with Gasteiger partial charge in [0.05, 0.1) is 0 Å². The van der Waals surface area contributed by atoms with E-state index < -0.39 is 0 Å². The average molecular weight is 169 g/mol. The van der Waals surface area contributed by atoms with Crippen molar-refractivity contribution in [1.29, 1.82) is 0 Å². The molecule has 1 aromatic rings. The Bertz CT molecular complexity index is 235. The molecule has 4 heteroatoms. The molecule has 0 atom stereocenters. The van der Waals surface area contributed by atoms with Gasteiger partial charge in [0.25, 0.3) is 0 Å². The maximum Gasteiger partial charge on any atom is 0.106 e. The molecule has 0 aliphatic rings. The Balaban J connectivity index is 2.74. The van der Waals surface area contributed by atoms with Crippen molar-refractivity contribution in [2.45, 2.75) is 11.4 Å². The molecule has 1 aromatic carbocycles. The summed E-state index contributed by atoms with van der Waals surface area (Å²) in [6.45, 7) is 0.191. The molecule has 0 fully saturated rings. The van der Waals surface area contributed by atoms with Crippen molar-refractivity contribution in [2.24, 2.45) is 5.18 Å². The van der Waals surface area contributed by atoms with E-state index in [-0.39, 0.29) is 6.54 Å². The van der Waals surface area contributed by atoms with E-state index in [2.05, 4.69) is 5.18 Å². The van der Waals surface area contributed by atoms with Crippen molar-refractivity contribution < 1.29 is 4.55 Å². The first-order valence-electron chi connectivity index (χ1n) is 3.06. The van der Waals surface area contributed by atoms with Crippen LogP contribution in [0.4, 0.5) is 0 Å². The van der Waals surface area contributed by atoms with Crippen LogP contribution in [0, 0.1) is 4.91 Å². The summed E-state index contributed by atoms with van der Waals surface area (Å²) >= 11 is 0.687. The van der Waals surface area contributed by atoms with Crippen LogP contribution in [0.1, 0.15) is 5.56 Å². The monoisotopic (exact) mass is 169 g/mol. The molecule has 0 aliphatic heterocycles. The summed E-state index contributed by atoms with van der Waals surface area (Å²) in [5, 5.41) is 2.74. The van der Waals surface area contributed by atoms with Crippen LogP contribution in [0.2, 0.25) is 0 Å². The third-order valence-electron chi connectivity index (χ3n) is 1.28. The summed E-state index contributed by atoms with van der Waals surface area (Å²) in [5.74, 6) is 0. The molecule has 11 heavy (non-hydrogen) atoms. The standard InChI is InChI=1S/C7H7NO2S/c9-8-5-6-1-3-7(11-10)4-2-6/h1-4,10H,5H2. The summed E-state index contributed by atoms with van der Waals surface area (Å²) in [6, 6.07) is 7.01. The van der Waals surface area contributed by atoms with Gasteiger partial charge in [-0.1, -0.05) is 17.3 Å². The number of hydrogen-bond acceptors (Lipinski definition) is 4. The third kappa shape index (κ3) is 2.32. The molecule has 1 N–H and O–H groups in total. The van der Waals surface area contributed by atoms with Crippen LogP contribution >= 0.6 is 12.0 Å². The largest absolute Gasteiger partial charge is 0.325 e. The van der Waals surface area contributed by atoms with Gasteiger partial charge in [0.2, 0.25) is 0 Å². The minimum atomic E-state index is 0.191. The molecule has 0 unspecified atom stereocenters. The first-order valence-corrected chi connectivity index (χ1v) is 3.83. The zero-order chi connectivity index (χ0) is 8.10. The molecule has 0 heterocycles. The Labute approximate surface area is 68.6 Å². The molecule has 0 saturated carbocycles. The van der Waals surface area contributed by atoms with E-state index in [0.717, 1.165) is 10.5 Å². The summed E-state index contributed by atoms with van der Waals surface area (Å²) in [7, 11) is 0. The van der Waals surface area contributed by atoms with Crippen molar-refractivity contribution >= 4 is 12.0 Å². The molecule has 58 valence electrons. The Morgan fingerprint density at radius 1 is 1.36 bits per heavy atom. The molecule has 0 saturated heterocycles. The lowest BCUT2D eigenvalue weighted by atomic mass is 10.2. The number of hydrogen-bond donors (Lipinski definition) is 1. The number of rotatable bonds is 3. The fraction of sp³-hybridized carbons (Fsp3) is 0.143. The highest BCUT2D eigenvalue weighted by Gasteiger charge is 1.92. The van der Waals surface area contributed by atoms with Crippen LogP contribution in [0.5, 0.6) is 0 Å². The Kier molecular flexibility index (Phi) is 3.07. The van der Waals surface area contributed by atoms with Crippen molar-refractivity contribution in [1.82, 2.24) is 0 Å². The van der Waals surface area contributed by atoms with Gasteiger partial charge in [-0.15, -0.1) is 0 Å². The second-order valence-corrected chi connectivity index (χ2v) is 2.68. The highest BCUT2D eigenvalue weighted by molar-refractivity contribution is 7.93. The van der Waals surface area contributed by atoms with E-state index in [1.54, 1.807) is 24.3 Å². The average Bonchev–Trinajstić information content (AvgIpc) is 2.07. The lowest BCUT2D eigenvalue weighted by Gasteiger charge is -1.95. The smallest absolute Gasteiger partial charge is 0.106 e. The van der Waals surface area contributed by atoms with Crippen molar-refractivity contribution in [3.63, 3.8) is 0 Å². The quantitative estimate of drug-likeness (QED) is 0.558. The molecule has 0 spiro atoms. The predicted molar refractivity (Wildman–Crippen MR) is 44.4 cm³/mol. The molecular weight excluding hydrogens is 162 g/mol. The van der Waals surface area contributed by atoms with Crippen LogP contribution in [-0.4, -0.2) is 4.55 Å². The van der Waals surface area contributed by atoms with Crippen molar-refractivity contribution in [3.8, 4) is 0 Å². The predicted octanol–water partition coefficient (Wildman–Crippen LogP) is 2.52.